The van der Waals surface area contributed by atoms with Crippen molar-refractivity contribution in [2.24, 2.45) is 0 Å². The summed E-state index contributed by atoms with van der Waals surface area (Å²) in [7, 11) is -3.63. The Balaban J connectivity index is 1.75. The number of rotatable bonds is 5. The van der Waals surface area contributed by atoms with E-state index >= 15 is 0 Å². The van der Waals surface area contributed by atoms with E-state index in [2.05, 4.69) is 22.5 Å². The third-order valence-electron chi connectivity index (χ3n) is 3.85. The van der Waals surface area contributed by atoms with Crippen LogP contribution in [0.5, 0.6) is 0 Å². The van der Waals surface area contributed by atoms with E-state index in [9.17, 15) is 13.2 Å². The van der Waals surface area contributed by atoms with Crippen LogP contribution in [0.2, 0.25) is 0 Å². The number of Topliss-reactive ketones (excluding diaryl/α,β-unsaturated/α-hetero) is 1. The smallest absolute Gasteiger partial charge is 0.271 e. The minimum absolute atomic E-state index is 0.0563. The van der Waals surface area contributed by atoms with Crippen LogP contribution in [0.25, 0.3) is 0 Å². The molecule has 1 saturated heterocycles. The van der Waals surface area contributed by atoms with Gasteiger partial charge in [-0.15, -0.1) is 11.3 Å². The average Bonchev–Trinajstić information content (AvgIpc) is 3.16. The molecular formula is C16H19N3O3S2. The van der Waals surface area contributed by atoms with Crippen LogP contribution in [0.15, 0.2) is 40.6 Å². The molecule has 0 bridgehead atoms. The second-order valence-electron chi connectivity index (χ2n) is 5.87. The van der Waals surface area contributed by atoms with Gasteiger partial charge in [0, 0.05) is 22.2 Å². The van der Waals surface area contributed by atoms with E-state index in [1.807, 2.05) is 6.07 Å². The van der Waals surface area contributed by atoms with Crippen molar-refractivity contribution in [2.75, 3.05) is 4.72 Å². The maximum atomic E-state index is 12.5. The van der Waals surface area contributed by atoms with Gasteiger partial charge in [-0.3, -0.25) is 14.9 Å². The van der Waals surface area contributed by atoms with E-state index < -0.39 is 10.0 Å². The van der Waals surface area contributed by atoms with Crippen molar-refractivity contribution in [1.29, 1.82) is 0 Å². The molecule has 0 aliphatic carbocycles. The van der Waals surface area contributed by atoms with Gasteiger partial charge in [-0.1, -0.05) is 0 Å². The first-order valence-electron chi connectivity index (χ1n) is 7.60. The van der Waals surface area contributed by atoms with Crippen LogP contribution >= 0.6 is 11.3 Å². The minimum Gasteiger partial charge on any atom is -0.295 e. The highest BCUT2D eigenvalue weighted by Crippen LogP contribution is 2.31. The standard InChI is InChI=1S/C16H19N3O3S2/c1-10-9-14(18-17-10)15-7-8-16(23-15)24(21,22)19-13-5-3-12(4-6-13)11(2)20/h3-8,10,14,17-19H,9H2,1-2H3. The maximum absolute atomic E-state index is 12.5. The zero-order chi connectivity index (χ0) is 17.3. The number of nitrogens with one attached hydrogen (secondary N) is 3. The summed E-state index contributed by atoms with van der Waals surface area (Å²) >= 11 is 1.26. The minimum atomic E-state index is -3.63. The third kappa shape index (κ3) is 3.67. The van der Waals surface area contributed by atoms with Gasteiger partial charge >= 0.3 is 0 Å². The average molecular weight is 365 g/mol. The molecule has 3 rings (SSSR count). The zero-order valence-electron chi connectivity index (χ0n) is 13.4. The molecule has 3 N–H and O–H groups in total. The van der Waals surface area contributed by atoms with Gasteiger partial charge in [0.25, 0.3) is 10.0 Å². The monoisotopic (exact) mass is 365 g/mol. The fraction of sp³-hybridized carbons (Fsp3) is 0.312. The number of thiophene rings is 1. The van der Waals surface area contributed by atoms with E-state index in [0.29, 0.717) is 17.3 Å². The van der Waals surface area contributed by atoms with Crippen molar-refractivity contribution in [3.05, 3.63) is 46.8 Å². The van der Waals surface area contributed by atoms with Gasteiger partial charge in [0.15, 0.2) is 5.78 Å². The molecule has 1 fully saturated rings. The van der Waals surface area contributed by atoms with Crippen molar-refractivity contribution >= 4 is 32.8 Å². The number of hydrogen-bond donors (Lipinski definition) is 3. The molecule has 0 radical (unpaired) electrons. The van der Waals surface area contributed by atoms with Crippen molar-refractivity contribution in [3.8, 4) is 0 Å². The summed E-state index contributed by atoms with van der Waals surface area (Å²) < 4.78 is 27.8. The molecule has 2 aromatic rings. The summed E-state index contributed by atoms with van der Waals surface area (Å²) in [5.74, 6) is -0.0563. The summed E-state index contributed by atoms with van der Waals surface area (Å²) in [4.78, 5) is 12.3. The molecule has 1 aliphatic heterocycles. The predicted molar refractivity (Wildman–Crippen MR) is 94.7 cm³/mol. The van der Waals surface area contributed by atoms with Crippen LogP contribution < -0.4 is 15.6 Å². The van der Waals surface area contributed by atoms with E-state index in [1.165, 1.54) is 18.3 Å². The van der Waals surface area contributed by atoms with Crippen molar-refractivity contribution in [3.63, 3.8) is 0 Å². The Morgan fingerprint density at radius 2 is 1.88 bits per heavy atom. The molecule has 0 amide bonds. The first-order chi connectivity index (χ1) is 11.3. The van der Waals surface area contributed by atoms with Gasteiger partial charge < -0.3 is 0 Å². The number of anilines is 1. The topological polar surface area (TPSA) is 87.3 Å². The zero-order valence-corrected chi connectivity index (χ0v) is 15.0. The normalized spacial score (nSPS) is 20.9. The second kappa shape index (κ2) is 6.64. The Morgan fingerprint density at radius 1 is 1.17 bits per heavy atom. The molecule has 0 spiro atoms. The number of hydrogen-bond acceptors (Lipinski definition) is 6. The summed E-state index contributed by atoms with van der Waals surface area (Å²) in [6.07, 6.45) is 0.917. The lowest BCUT2D eigenvalue weighted by atomic mass is 10.1. The lowest BCUT2D eigenvalue weighted by Gasteiger charge is -2.07. The van der Waals surface area contributed by atoms with Crippen molar-refractivity contribution in [2.45, 2.75) is 36.6 Å². The molecule has 2 atom stereocenters. The van der Waals surface area contributed by atoms with Crippen molar-refractivity contribution < 1.29 is 13.2 Å². The number of carbonyl (C=O) groups excluding carboxylic acids is 1. The fourth-order valence-electron chi connectivity index (χ4n) is 2.55. The highest BCUT2D eigenvalue weighted by molar-refractivity contribution is 7.94. The van der Waals surface area contributed by atoms with Crippen LogP contribution in [0, 0.1) is 0 Å². The number of sulfonamides is 1. The van der Waals surface area contributed by atoms with Crippen LogP contribution in [0.1, 0.15) is 41.5 Å². The first-order valence-corrected chi connectivity index (χ1v) is 9.90. The van der Waals surface area contributed by atoms with E-state index in [-0.39, 0.29) is 16.0 Å². The molecular weight excluding hydrogens is 346 g/mol. The van der Waals surface area contributed by atoms with Gasteiger partial charge in [0.1, 0.15) is 4.21 Å². The van der Waals surface area contributed by atoms with Gasteiger partial charge in [-0.05, 0) is 56.7 Å². The lowest BCUT2D eigenvalue weighted by molar-refractivity contribution is 0.101. The Morgan fingerprint density at radius 3 is 2.46 bits per heavy atom. The molecule has 24 heavy (non-hydrogen) atoms. The molecule has 2 heterocycles. The first kappa shape index (κ1) is 17.1. The number of benzene rings is 1. The molecule has 6 nitrogen and oxygen atoms in total. The number of carbonyl (C=O) groups is 1. The Kier molecular flexibility index (Phi) is 4.73. The predicted octanol–water partition coefficient (Wildman–Crippen LogP) is 2.68. The van der Waals surface area contributed by atoms with Gasteiger partial charge in [0.2, 0.25) is 0 Å². The molecule has 2 unspecified atom stereocenters. The third-order valence-corrected chi connectivity index (χ3v) is 6.92. The molecule has 0 saturated carbocycles. The number of ketones is 1. The maximum Gasteiger partial charge on any atom is 0.271 e. The van der Waals surface area contributed by atoms with Crippen LogP contribution in [-0.2, 0) is 10.0 Å². The van der Waals surface area contributed by atoms with E-state index in [0.717, 1.165) is 11.3 Å². The summed E-state index contributed by atoms with van der Waals surface area (Å²) in [5.41, 5.74) is 7.28. The highest BCUT2D eigenvalue weighted by Gasteiger charge is 2.25. The summed E-state index contributed by atoms with van der Waals surface area (Å²) in [5, 5.41) is 0. The SMILES string of the molecule is CC(=O)c1ccc(NS(=O)(=O)c2ccc(C3CC(C)NN3)s2)cc1. The molecule has 1 aromatic carbocycles. The van der Waals surface area contributed by atoms with Crippen LogP contribution in [-0.4, -0.2) is 20.2 Å². The molecule has 8 heteroatoms. The van der Waals surface area contributed by atoms with E-state index in [1.54, 1.807) is 30.3 Å². The van der Waals surface area contributed by atoms with Crippen LogP contribution in [0.3, 0.4) is 0 Å². The Bertz CT molecular complexity index is 844. The Labute approximate surface area is 145 Å². The molecule has 1 aliphatic rings. The van der Waals surface area contributed by atoms with Gasteiger partial charge in [-0.25, -0.2) is 13.8 Å². The lowest BCUT2D eigenvalue weighted by Crippen LogP contribution is -2.28. The van der Waals surface area contributed by atoms with Gasteiger partial charge in [-0.2, -0.15) is 0 Å². The Hall–Kier alpha value is -1.74. The van der Waals surface area contributed by atoms with E-state index in [4.69, 9.17) is 0 Å². The van der Waals surface area contributed by atoms with Gasteiger partial charge in [0.05, 0.1) is 6.04 Å². The largest absolute Gasteiger partial charge is 0.295 e. The quantitative estimate of drug-likeness (QED) is 0.709. The number of hydrazine groups is 1. The summed E-state index contributed by atoms with van der Waals surface area (Å²) in [6, 6.07) is 10.3. The molecule has 128 valence electrons. The van der Waals surface area contributed by atoms with Crippen molar-refractivity contribution in [1.82, 2.24) is 10.9 Å². The summed E-state index contributed by atoms with van der Waals surface area (Å²) in [6.45, 7) is 3.55. The second-order valence-corrected chi connectivity index (χ2v) is 8.90. The molecule has 1 aromatic heterocycles. The van der Waals surface area contributed by atoms with Crippen LogP contribution in [0.4, 0.5) is 5.69 Å². The highest BCUT2D eigenvalue weighted by atomic mass is 32.2. The fourth-order valence-corrected chi connectivity index (χ4v) is 4.99.